The Kier molecular flexibility index (Phi) is 4.31. The molecule has 1 heterocycles. The number of hydrogen-bond acceptors (Lipinski definition) is 4. The molecule has 0 spiro atoms. The van der Waals surface area contributed by atoms with E-state index in [4.69, 9.17) is 5.11 Å². The normalized spacial score (nSPS) is 19.5. The van der Waals surface area contributed by atoms with Gasteiger partial charge in [-0.2, -0.15) is 0 Å². The number of nitrogens with zero attached hydrogens (tertiary/aromatic N) is 2. The highest BCUT2D eigenvalue weighted by Crippen LogP contribution is 2.28. The third kappa shape index (κ3) is 3.41. The summed E-state index contributed by atoms with van der Waals surface area (Å²) in [5.41, 5.74) is 0.327. The first-order valence-electron chi connectivity index (χ1n) is 6.41. The molecule has 0 aliphatic carbocycles. The molecule has 0 saturated carbocycles. The second-order valence-electron chi connectivity index (χ2n) is 4.89. The maximum Gasteiger partial charge on any atom is 0.274 e. The molecule has 1 atom stereocenters. The van der Waals surface area contributed by atoms with E-state index >= 15 is 0 Å². The number of benzene rings is 1. The van der Waals surface area contributed by atoms with Gasteiger partial charge in [0.05, 0.1) is 11.0 Å². The van der Waals surface area contributed by atoms with Crippen LogP contribution in [0.2, 0.25) is 0 Å². The van der Waals surface area contributed by atoms with Crippen LogP contribution in [0, 0.1) is 21.8 Å². The molecule has 1 aliphatic heterocycles. The predicted octanol–water partition coefficient (Wildman–Crippen LogP) is 2.33. The molecule has 0 amide bonds. The Bertz CT molecular complexity index is 465. The summed E-state index contributed by atoms with van der Waals surface area (Å²) >= 11 is 0. The number of hydrogen-bond donors (Lipinski definition) is 1. The summed E-state index contributed by atoms with van der Waals surface area (Å²) in [5, 5.41) is 19.7. The van der Waals surface area contributed by atoms with Gasteiger partial charge in [0.25, 0.3) is 5.69 Å². The van der Waals surface area contributed by atoms with E-state index in [-0.39, 0.29) is 12.3 Å². The van der Waals surface area contributed by atoms with E-state index in [0.717, 1.165) is 25.5 Å². The molecule has 1 aliphatic rings. The van der Waals surface area contributed by atoms with Gasteiger partial charge in [-0.15, -0.1) is 0 Å². The lowest BCUT2D eigenvalue weighted by atomic mass is 9.95. The molecule has 0 bridgehead atoms. The summed E-state index contributed by atoms with van der Waals surface area (Å²) in [6.07, 6.45) is 2.71. The molecule has 1 N–H and O–H groups in total. The maximum atomic E-state index is 13.4. The zero-order valence-corrected chi connectivity index (χ0v) is 10.6. The highest BCUT2D eigenvalue weighted by molar-refractivity contribution is 5.54. The Morgan fingerprint density at radius 2 is 2.26 bits per heavy atom. The highest BCUT2D eigenvalue weighted by Gasteiger charge is 2.21. The van der Waals surface area contributed by atoms with Crippen LogP contribution in [0.4, 0.5) is 15.8 Å². The summed E-state index contributed by atoms with van der Waals surface area (Å²) in [7, 11) is 0. The average molecular weight is 268 g/mol. The van der Waals surface area contributed by atoms with Gasteiger partial charge < -0.3 is 10.0 Å². The standard InChI is InChI=1S/C13H17FN2O3/c14-11-6-12(8-13(7-11)16(18)19)15-4-1-2-10(9-15)3-5-17/h6-8,10,17H,1-5,9H2. The number of aliphatic hydroxyl groups excluding tert-OH is 1. The van der Waals surface area contributed by atoms with E-state index < -0.39 is 10.7 Å². The zero-order chi connectivity index (χ0) is 13.8. The maximum absolute atomic E-state index is 13.4. The average Bonchev–Trinajstić information content (AvgIpc) is 2.38. The van der Waals surface area contributed by atoms with Crippen LogP contribution in [-0.4, -0.2) is 29.7 Å². The molecule has 6 heteroatoms. The lowest BCUT2D eigenvalue weighted by Gasteiger charge is -2.34. The lowest BCUT2D eigenvalue weighted by Crippen LogP contribution is -2.35. The molecule has 5 nitrogen and oxygen atoms in total. The minimum atomic E-state index is -0.589. The Labute approximate surface area is 110 Å². The minimum Gasteiger partial charge on any atom is -0.396 e. The van der Waals surface area contributed by atoms with Crippen molar-refractivity contribution in [2.24, 2.45) is 5.92 Å². The van der Waals surface area contributed by atoms with E-state index in [1.165, 1.54) is 12.1 Å². The fourth-order valence-corrected chi connectivity index (χ4v) is 2.56. The first-order valence-corrected chi connectivity index (χ1v) is 6.41. The van der Waals surface area contributed by atoms with Crippen LogP contribution in [0.15, 0.2) is 18.2 Å². The van der Waals surface area contributed by atoms with E-state index in [1.54, 1.807) is 0 Å². The largest absolute Gasteiger partial charge is 0.396 e. The van der Waals surface area contributed by atoms with Gasteiger partial charge >= 0.3 is 0 Å². The molecule has 1 saturated heterocycles. The Balaban J connectivity index is 2.18. The minimum absolute atomic E-state index is 0.141. The number of nitro benzene ring substituents is 1. The van der Waals surface area contributed by atoms with Crippen molar-refractivity contribution >= 4 is 11.4 Å². The summed E-state index contributed by atoms with van der Waals surface area (Å²) in [6, 6.07) is 3.66. The number of aliphatic hydroxyl groups is 1. The van der Waals surface area contributed by atoms with Crippen LogP contribution in [0.25, 0.3) is 0 Å². The third-order valence-corrected chi connectivity index (χ3v) is 3.50. The SMILES string of the molecule is O=[N+]([O-])c1cc(F)cc(N2CCCC(CCO)C2)c1. The fourth-order valence-electron chi connectivity index (χ4n) is 2.56. The molecule has 104 valence electrons. The number of halogens is 1. The number of nitro groups is 1. The van der Waals surface area contributed by atoms with Crippen LogP contribution in [0.5, 0.6) is 0 Å². The van der Waals surface area contributed by atoms with Crippen molar-refractivity contribution in [1.82, 2.24) is 0 Å². The van der Waals surface area contributed by atoms with E-state index in [2.05, 4.69) is 0 Å². The van der Waals surface area contributed by atoms with Gasteiger partial charge in [-0.3, -0.25) is 10.1 Å². The van der Waals surface area contributed by atoms with Crippen LogP contribution >= 0.6 is 0 Å². The van der Waals surface area contributed by atoms with Crippen molar-refractivity contribution < 1.29 is 14.4 Å². The molecule has 1 unspecified atom stereocenters. The summed E-state index contributed by atoms with van der Waals surface area (Å²) < 4.78 is 13.4. The van der Waals surface area contributed by atoms with Crippen molar-refractivity contribution in [2.75, 3.05) is 24.6 Å². The smallest absolute Gasteiger partial charge is 0.274 e. The van der Waals surface area contributed by atoms with E-state index in [9.17, 15) is 14.5 Å². The quantitative estimate of drug-likeness (QED) is 0.672. The topological polar surface area (TPSA) is 66.6 Å². The van der Waals surface area contributed by atoms with Gasteiger partial charge in [0.1, 0.15) is 5.82 Å². The fraction of sp³-hybridized carbons (Fsp3) is 0.538. The van der Waals surface area contributed by atoms with Crippen molar-refractivity contribution in [3.05, 3.63) is 34.1 Å². The molecule has 1 aromatic rings. The van der Waals surface area contributed by atoms with Crippen molar-refractivity contribution in [2.45, 2.75) is 19.3 Å². The second-order valence-corrected chi connectivity index (χ2v) is 4.89. The van der Waals surface area contributed by atoms with Crippen molar-refractivity contribution in [1.29, 1.82) is 0 Å². The van der Waals surface area contributed by atoms with Crippen molar-refractivity contribution in [3.63, 3.8) is 0 Å². The van der Waals surface area contributed by atoms with Crippen LogP contribution in [0.3, 0.4) is 0 Å². The van der Waals surface area contributed by atoms with Gasteiger partial charge in [-0.1, -0.05) is 0 Å². The number of rotatable bonds is 4. The van der Waals surface area contributed by atoms with Gasteiger partial charge in [-0.05, 0) is 31.2 Å². The van der Waals surface area contributed by atoms with Gasteiger partial charge in [-0.25, -0.2) is 4.39 Å². The van der Waals surface area contributed by atoms with Gasteiger partial charge in [0.2, 0.25) is 0 Å². The van der Waals surface area contributed by atoms with Gasteiger partial charge in [0, 0.05) is 31.5 Å². The summed E-state index contributed by atoms with van der Waals surface area (Å²) in [6.45, 7) is 1.62. The summed E-state index contributed by atoms with van der Waals surface area (Å²) in [5.74, 6) is -0.227. The second kappa shape index (κ2) is 5.97. The highest BCUT2D eigenvalue weighted by atomic mass is 19.1. The van der Waals surface area contributed by atoms with Crippen LogP contribution < -0.4 is 4.90 Å². The van der Waals surface area contributed by atoms with E-state index in [1.807, 2.05) is 4.90 Å². The zero-order valence-electron chi connectivity index (χ0n) is 10.6. The van der Waals surface area contributed by atoms with Crippen molar-refractivity contribution in [3.8, 4) is 0 Å². The predicted molar refractivity (Wildman–Crippen MR) is 69.7 cm³/mol. The van der Waals surface area contributed by atoms with Crippen LogP contribution in [-0.2, 0) is 0 Å². The molecular formula is C13H17FN2O3. The molecule has 1 fully saturated rings. The Morgan fingerprint density at radius 3 is 2.95 bits per heavy atom. The lowest BCUT2D eigenvalue weighted by molar-refractivity contribution is -0.385. The van der Waals surface area contributed by atoms with Crippen LogP contribution in [0.1, 0.15) is 19.3 Å². The Hall–Kier alpha value is -1.69. The third-order valence-electron chi connectivity index (χ3n) is 3.50. The molecule has 19 heavy (non-hydrogen) atoms. The number of piperidine rings is 1. The van der Waals surface area contributed by atoms with Gasteiger partial charge in [0.15, 0.2) is 0 Å². The first-order chi connectivity index (χ1) is 9.10. The molecule has 2 rings (SSSR count). The number of anilines is 1. The summed E-state index contributed by atoms with van der Waals surface area (Å²) in [4.78, 5) is 12.1. The number of non-ortho nitro benzene ring substituents is 1. The molecule has 0 aromatic heterocycles. The Morgan fingerprint density at radius 1 is 1.47 bits per heavy atom. The molecular weight excluding hydrogens is 251 g/mol. The van der Waals surface area contributed by atoms with E-state index in [0.29, 0.717) is 24.6 Å². The molecule has 0 radical (unpaired) electrons. The first kappa shape index (κ1) is 13.7. The molecule has 1 aromatic carbocycles. The monoisotopic (exact) mass is 268 g/mol.